The molecule has 1 N–H and O–H groups in total. The third-order valence-electron chi connectivity index (χ3n) is 4.09. The second-order valence-electron chi connectivity index (χ2n) is 6.34. The molecule has 0 saturated heterocycles. The molecule has 0 atom stereocenters. The SMILES string of the molecule is COC1(Cc2cnc(CCCNCC(C)C)o2)CCC1. The molecule has 0 radical (unpaired) electrons. The van der Waals surface area contributed by atoms with Crippen LogP contribution < -0.4 is 5.32 Å². The van der Waals surface area contributed by atoms with Gasteiger partial charge in [0.05, 0.1) is 11.8 Å². The zero-order chi connectivity index (χ0) is 14.4. The molecule has 0 aromatic carbocycles. The van der Waals surface area contributed by atoms with Crippen LogP contribution in [0.3, 0.4) is 0 Å². The van der Waals surface area contributed by atoms with Gasteiger partial charge in [-0.25, -0.2) is 4.98 Å². The van der Waals surface area contributed by atoms with E-state index in [1.807, 2.05) is 6.20 Å². The number of aryl methyl sites for hydroxylation is 1. The zero-order valence-corrected chi connectivity index (χ0v) is 13.1. The second kappa shape index (κ2) is 7.23. The average Bonchev–Trinajstić information content (AvgIpc) is 2.81. The molecule has 0 bridgehead atoms. The quantitative estimate of drug-likeness (QED) is 0.706. The molecule has 1 saturated carbocycles. The van der Waals surface area contributed by atoms with E-state index in [9.17, 15) is 0 Å². The van der Waals surface area contributed by atoms with Crippen LogP contribution in [-0.2, 0) is 17.6 Å². The molecule has 4 heteroatoms. The first kappa shape index (κ1) is 15.5. The van der Waals surface area contributed by atoms with E-state index in [0.29, 0.717) is 5.92 Å². The van der Waals surface area contributed by atoms with Crippen LogP contribution in [0.25, 0.3) is 0 Å². The molecule has 0 amide bonds. The molecule has 2 rings (SSSR count). The standard InChI is InChI=1S/C16H28N2O2/c1-13(2)11-17-9-4-6-15-18-12-14(20-15)10-16(19-3)7-5-8-16/h12-13,17H,4-11H2,1-3H3. The lowest BCUT2D eigenvalue weighted by Crippen LogP contribution is -2.41. The summed E-state index contributed by atoms with van der Waals surface area (Å²) in [5, 5.41) is 3.44. The van der Waals surface area contributed by atoms with Crippen LogP contribution in [0.2, 0.25) is 0 Å². The van der Waals surface area contributed by atoms with Crippen molar-refractivity contribution in [3.05, 3.63) is 17.8 Å². The Morgan fingerprint density at radius 1 is 1.45 bits per heavy atom. The van der Waals surface area contributed by atoms with Crippen molar-refractivity contribution in [2.24, 2.45) is 5.92 Å². The first-order valence-electron chi connectivity index (χ1n) is 7.83. The van der Waals surface area contributed by atoms with E-state index < -0.39 is 0 Å². The van der Waals surface area contributed by atoms with Gasteiger partial charge < -0.3 is 14.5 Å². The fourth-order valence-corrected chi connectivity index (χ4v) is 2.64. The van der Waals surface area contributed by atoms with Crippen molar-refractivity contribution in [3.63, 3.8) is 0 Å². The average molecular weight is 280 g/mol. The molecule has 1 aromatic rings. The van der Waals surface area contributed by atoms with Crippen LogP contribution in [0.1, 0.15) is 51.2 Å². The summed E-state index contributed by atoms with van der Waals surface area (Å²) in [5.74, 6) is 2.53. The van der Waals surface area contributed by atoms with E-state index in [-0.39, 0.29) is 5.60 Å². The highest BCUT2D eigenvalue weighted by atomic mass is 16.5. The maximum absolute atomic E-state index is 5.83. The summed E-state index contributed by atoms with van der Waals surface area (Å²) in [5.41, 5.74) is 0.0234. The normalized spacial score (nSPS) is 17.4. The number of methoxy groups -OCH3 is 1. The van der Waals surface area contributed by atoms with Crippen molar-refractivity contribution in [3.8, 4) is 0 Å². The van der Waals surface area contributed by atoms with Crippen molar-refractivity contribution in [2.45, 2.75) is 58.0 Å². The molecule has 0 unspecified atom stereocenters. The summed E-state index contributed by atoms with van der Waals surface area (Å²) in [6.07, 6.45) is 8.25. The maximum Gasteiger partial charge on any atom is 0.194 e. The van der Waals surface area contributed by atoms with Gasteiger partial charge in [-0.3, -0.25) is 0 Å². The Morgan fingerprint density at radius 3 is 2.85 bits per heavy atom. The summed E-state index contributed by atoms with van der Waals surface area (Å²) in [4.78, 5) is 4.38. The topological polar surface area (TPSA) is 47.3 Å². The van der Waals surface area contributed by atoms with Crippen molar-refractivity contribution in [2.75, 3.05) is 20.2 Å². The van der Waals surface area contributed by atoms with Gasteiger partial charge in [-0.15, -0.1) is 0 Å². The Hall–Kier alpha value is -0.870. The van der Waals surface area contributed by atoms with Crippen molar-refractivity contribution in [1.29, 1.82) is 0 Å². The highest BCUT2D eigenvalue weighted by molar-refractivity contribution is 5.04. The summed E-state index contributed by atoms with van der Waals surface area (Å²) < 4.78 is 11.5. The Balaban J connectivity index is 1.69. The van der Waals surface area contributed by atoms with Crippen molar-refractivity contribution < 1.29 is 9.15 Å². The van der Waals surface area contributed by atoms with Crippen LogP contribution in [0.4, 0.5) is 0 Å². The van der Waals surface area contributed by atoms with E-state index in [1.165, 1.54) is 6.42 Å². The largest absolute Gasteiger partial charge is 0.446 e. The van der Waals surface area contributed by atoms with Gasteiger partial charge in [-0.05, 0) is 44.7 Å². The smallest absolute Gasteiger partial charge is 0.194 e. The summed E-state index contributed by atoms with van der Waals surface area (Å²) in [7, 11) is 1.80. The van der Waals surface area contributed by atoms with Gasteiger partial charge in [-0.1, -0.05) is 13.8 Å². The van der Waals surface area contributed by atoms with Crippen molar-refractivity contribution >= 4 is 0 Å². The lowest BCUT2D eigenvalue weighted by atomic mass is 9.77. The van der Waals surface area contributed by atoms with Gasteiger partial charge in [0.1, 0.15) is 5.76 Å². The van der Waals surface area contributed by atoms with E-state index in [1.54, 1.807) is 7.11 Å². The molecule has 1 aliphatic carbocycles. The third kappa shape index (κ3) is 4.32. The Labute approximate surface area is 122 Å². The zero-order valence-electron chi connectivity index (χ0n) is 13.1. The molecule has 0 aliphatic heterocycles. The minimum Gasteiger partial charge on any atom is -0.446 e. The number of nitrogens with zero attached hydrogens (tertiary/aromatic N) is 1. The Kier molecular flexibility index (Phi) is 5.61. The fourth-order valence-electron chi connectivity index (χ4n) is 2.64. The first-order valence-corrected chi connectivity index (χ1v) is 7.83. The van der Waals surface area contributed by atoms with E-state index in [0.717, 1.165) is 56.8 Å². The second-order valence-corrected chi connectivity index (χ2v) is 6.34. The fraction of sp³-hybridized carbons (Fsp3) is 0.812. The molecule has 0 spiro atoms. The molecule has 1 aliphatic rings. The minimum absolute atomic E-state index is 0.0234. The van der Waals surface area contributed by atoms with Gasteiger partial charge in [0.2, 0.25) is 0 Å². The predicted octanol–water partition coefficient (Wildman–Crippen LogP) is 2.96. The van der Waals surface area contributed by atoms with Crippen LogP contribution in [0.15, 0.2) is 10.6 Å². The van der Waals surface area contributed by atoms with Crippen LogP contribution in [-0.4, -0.2) is 30.8 Å². The van der Waals surface area contributed by atoms with Crippen LogP contribution >= 0.6 is 0 Å². The van der Waals surface area contributed by atoms with E-state index >= 15 is 0 Å². The molecule has 114 valence electrons. The molecular formula is C16H28N2O2. The van der Waals surface area contributed by atoms with Gasteiger partial charge in [0.15, 0.2) is 5.89 Å². The van der Waals surface area contributed by atoms with Crippen molar-refractivity contribution in [1.82, 2.24) is 10.3 Å². The number of nitrogens with one attached hydrogen (secondary N) is 1. The van der Waals surface area contributed by atoms with Gasteiger partial charge in [-0.2, -0.15) is 0 Å². The molecule has 20 heavy (non-hydrogen) atoms. The summed E-state index contributed by atoms with van der Waals surface area (Å²) in [6, 6.07) is 0. The molecule has 1 fully saturated rings. The van der Waals surface area contributed by atoms with Crippen LogP contribution in [0.5, 0.6) is 0 Å². The number of rotatable bonds is 9. The summed E-state index contributed by atoms with van der Waals surface area (Å²) >= 11 is 0. The monoisotopic (exact) mass is 280 g/mol. The third-order valence-corrected chi connectivity index (χ3v) is 4.09. The lowest BCUT2D eigenvalue weighted by Gasteiger charge is -2.39. The first-order chi connectivity index (χ1) is 9.63. The predicted molar refractivity (Wildman–Crippen MR) is 79.8 cm³/mol. The molecular weight excluding hydrogens is 252 g/mol. The van der Waals surface area contributed by atoms with Gasteiger partial charge in [0, 0.05) is 20.0 Å². The number of hydrogen-bond acceptors (Lipinski definition) is 4. The molecule has 4 nitrogen and oxygen atoms in total. The number of ether oxygens (including phenoxy) is 1. The highest BCUT2D eigenvalue weighted by Crippen LogP contribution is 2.38. The minimum atomic E-state index is 0.0234. The Bertz CT molecular complexity index is 391. The number of hydrogen-bond donors (Lipinski definition) is 1. The lowest BCUT2D eigenvalue weighted by molar-refractivity contribution is -0.0738. The Morgan fingerprint density at radius 2 is 2.25 bits per heavy atom. The number of oxazole rings is 1. The van der Waals surface area contributed by atoms with E-state index in [4.69, 9.17) is 9.15 Å². The van der Waals surface area contributed by atoms with Gasteiger partial charge in [0.25, 0.3) is 0 Å². The summed E-state index contributed by atoms with van der Waals surface area (Å²) in [6.45, 7) is 6.55. The molecule has 1 heterocycles. The molecule has 1 aromatic heterocycles. The van der Waals surface area contributed by atoms with E-state index in [2.05, 4.69) is 24.1 Å². The maximum atomic E-state index is 5.83. The highest BCUT2D eigenvalue weighted by Gasteiger charge is 2.38. The van der Waals surface area contributed by atoms with Crippen LogP contribution in [0, 0.1) is 5.92 Å². The van der Waals surface area contributed by atoms with Gasteiger partial charge >= 0.3 is 0 Å². The number of aromatic nitrogens is 1.